The Morgan fingerprint density at radius 3 is 2.72 bits per heavy atom. The third-order valence-electron chi connectivity index (χ3n) is 4.37. The first kappa shape index (κ1) is 19.7. The summed E-state index contributed by atoms with van der Waals surface area (Å²) in [4.78, 5) is 17.4. The average Bonchev–Trinajstić information content (AvgIpc) is 3.11. The maximum absolute atomic E-state index is 12.9. The topological polar surface area (TPSA) is 64.4 Å². The Balaban J connectivity index is 1.65. The Kier molecular flexibility index (Phi) is 5.43. The van der Waals surface area contributed by atoms with Crippen molar-refractivity contribution < 1.29 is 13.9 Å². The Morgan fingerprint density at radius 1 is 1.10 bits per heavy atom. The van der Waals surface area contributed by atoms with Gasteiger partial charge < -0.3 is 14.5 Å². The Labute approximate surface area is 184 Å². The second kappa shape index (κ2) is 8.00. The number of nitrogens with zero attached hydrogens (tertiary/aromatic N) is 1. The number of fused-ring (bicyclic) bond motifs is 1. The van der Waals surface area contributed by atoms with E-state index in [0.717, 1.165) is 26.7 Å². The number of hydrogen-bond donors (Lipinski definition) is 1. The van der Waals surface area contributed by atoms with E-state index in [-0.39, 0.29) is 5.91 Å². The van der Waals surface area contributed by atoms with Gasteiger partial charge in [0.2, 0.25) is 5.89 Å². The number of hydrogen-bond acceptors (Lipinski definition) is 4. The standard InChI is InChI=1S/C22H16Br2N2O3/c1-12-6-7-18-19(8-12)29-22(26-18)13-4-3-5-15(9-13)25-21(27)16-10-14(23)11-17(24)20(16)28-2/h3-11H,1-2H3,(H,25,27). The van der Waals surface area contributed by atoms with Gasteiger partial charge in [0.05, 0.1) is 17.1 Å². The van der Waals surface area contributed by atoms with Crippen molar-refractivity contribution in [2.45, 2.75) is 6.92 Å². The van der Waals surface area contributed by atoms with E-state index >= 15 is 0 Å². The van der Waals surface area contributed by atoms with Gasteiger partial charge in [-0.1, -0.05) is 28.1 Å². The molecule has 4 rings (SSSR count). The molecular formula is C22H16Br2N2O3. The van der Waals surface area contributed by atoms with E-state index in [1.165, 1.54) is 7.11 Å². The molecule has 0 atom stereocenters. The molecule has 4 aromatic rings. The number of nitrogens with one attached hydrogen (secondary N) is 1. The van der Waals surface area contributed by atoms with Crippen LogP contribution in [0.4, 0.5) is 5.69 Å². The van der Waals surface area contributed by atoms with E-state index in [1.807, 2.05) is 55.5 Å². The molecule has 0 saturated carbocycles. The quantitative estimate of drug-likeness (QED) is 0.333. The first-order valence-electron chi connectivity index (χ1n) is 8.76. The van der Waals surface area contributed by atoms with Gasteiger partial charge in [-0.3, -0.25) is 4.79 Å². The number of anilines is 1. The summed E-state index contributed by atoms with van der Waals surface area (Å²) in [6, 6.07) is 16.8. The summed E-state index contributed by atoms with van der Waals surface area (Å²) in [7, 11) is 1.53. The molecule has 0 bridgehead atoms. The van der Waals surface area contributed by atoms with E-state index in [1.54, 1.807) is 6.07 Å². The van der Waals surface area contributed by atoms with Crippen LogP contribution in [0, 0.1) is 6.92 Å². The molecule has 0 aliphatic carbocycles. The number of aromatic nitrogens is 1. The van der Waals surface area contributed by atoms with Gasteiger partial charge in [-0.15, -0.1) is 0 Å². The summed E-state index contributed by atoms with van der Waals surface area (Å²) in [6.45, 7) is 2.01. The maximum atomic E-state index is 12.9. The van der Waals surface area contributed by atoms with Gasteiger partial charge in [0.15, 0.2) is 5.58 Å². The van der Waals surface area contributed by atoms with Gasteiger partial charge in [-0.25, -0.2) is 4.98 Å². The van der Waals surface area contributed by atoms with Crippen LogP contribution in [0.5, 0.6) is 5.75 Å². The molecule has 0 aliphatic rings. The van der Waals surface area contributed by atoms with Crippen molar-refractivity contribution in [3.8, 4) is 17.2 Å². The highest BCUT2D eigenvalue weighted by atomic mass is 79.9. The van der Waals surface area contributed by atoms with Crippen molar-refractivity contribution in [1.82, 2.24) is 4.98 Å². The highest BCUT2D eigenvalue weighted by Crippen LogP contribution is 2.33. The van der Waals surface area contributed by atoms with Gasteiger partial charge in [-0.2, -0.15) is 0 Å². The number of rotatable bonds is 4. The molecule has 3 aromatic carbocycles. The molecule has 1 heterocycles. The van der Waals surface area contributed by atoms with E-state index in [0.29, 0.717) is 27.4 Å². The van der Waals surface area contributed by atoms with Crippen LogP contribution in [0.1, 0.15) is 15.9 Å². The lowest BCUT2D eigenvalue weighted by Gasteiger charge is -2.12. The van der Waals surface area contributed by atoms with Crippen LogP contribution in [0.2, 0.25) is 0 Å². The highest BCUT2D eigenvalue weighted by molar-refractivity contribution is 9.11. The SMILES string of the molecule is COc1c(Br)cc(Br)cc1C(=O)Nc1cccc(-c2nc3ccc(C)cc3o2)c1. The molecule has 1 amide bonds. The fourth-order valence-electron chi connectivity index (χ4n) is 3.02. The summed E-state index contributed by atoms with van der Waals surface area (Å²) >= 11 is 6.83. The number of aryl methyl sites for hydroxylation is 1. The summed E-state index contributed by atoms with van der Waals surface area (Å²) in [5, 5.41) is 2.91. The predicted molar refractivity (Wildman–Crippen MR) is 121 cm³/mol. The van der Waals surface area contributed by atoms with E-state index < -0.39 is 0 Å². The van der Waals surface area contributed by atoms with Crippen LogP contribution in [0.3, 0.4) is 0 Å². The van der Waals surface area contributed by atoms with E-state index in [4.69, 9.17) is 9.15 Å². The molecule has 29 heavy (non-hydrogen) atoms. The largest absolute Gasteiger partial charge is 0.495 e. The second-order valence-electron chi connectivity index (χ2n) is 6.49. The van der Waals surface area contributed by atoms with Gasteiger partial charge >= 0.3 is 0 Å². The molecule has 1 N–H and O–H groups in total. The molecule has 0 saturated heterocycles. The molecule has 0 aliphatic heterocycles. The van der Waals surface area contributed by atoms with Crippen LogP contribution in [0.25, 0.3) is 22.6 Å². The predicted octanol–water partition coefficient (Wildman–Crippen LogP) is 6.59. The molecule has 1 aromatic heterocycles. The summed E-state index contributed by atoms with van der Waals surface area (Å²) < 4.78 is 12.7. The molecule has 0 unspecified atom stereocenters. The first-order chi connectivity index (χ1) is 13.9. The van der Waals surface area contributed by atoms with Gasteiger partial charge in [0, 0.05) is 15.7 Å². The summed E-state index contributed by atoms with van der Waals surface area (Å²) in [5.41, 5.74) is 4.46. The van der Waals surface area contributed by atoms with Crippen LogP contribution >= 0.6 is 31.9 Å². The Bertz CT molecular complexity index is 1230. The zero-order chi connectivity index (χ0) is 20.5. The molecule has 5 nitrogen and oxygen atoms in total. The van der Waals surface area contributed by atoms with E-state index in [9.17, 15) is 4.79 Å². The fourth-order valence-corrected chi connectivity index (χ4v) is 4.41. The molecule has 0 radical (unpaired) electrons. The summed E-state index contributed by atoms with van der Waals surface area (Å²) in [5.74, 6) is 0.690. The van der Waals surface area contributed by atoms with Crippen LogP contribution in [0.15, 0.2) is 68.0 Å². The minimum Gasteiger partial charge on any atom is -0.495 e. The molecular weight excluding hydrogens is 500 g/mol. The number of ether oxygens (including phenoxy) is 1. The number of halogens is 2. The van der Waals surface area contributed by atoms with Gasteiger partial charge in [0.1, 0.15) is 11.3 Å². The zero-order valence-corrected chi connectivity index (χ0v) is 18.8. The number of carbonyl (C=O) groups excluding carboxylic acids is 1. The van der Waals surface area contributed by atoms with Crippen molar-refractivity contribution in [1.29, 1.82) is 0 Å². The highest BCUT2D eigenvalue weighted by Gasteiger charge is 2.17. The second-order valence-corrected chi connectivity index (χ2v) is 8.26. The lowest BCUT2D eigenvalue weighted by molar-refractivity contribution is 0.102. The zero-order valence-electron chi connectivity index (χ0n) is 15.6. The Morgan fingerprint density at radius 2 is 1.93 bits per heavy atom. The lowest BCUT2D eigenvalue weighted by atomic mass is 10.1. The van der Waals surface area contributed by atoms with Crippen molar-refractivity contribution in [2.24, 2.45) is 0 Å². The smallest absolute Gasteiger partial charge is 0.259 e. The number of amides is 1. The van der Waals surface area contributed by atoms with Crippen LogP contribution in [-0.2, 0) is 0 Å². The fraction of sp³-hybridized carbons (Fsp3) is 0.0909. The number of benzene rings is 3. The average molecular weight is 516 g/mol. The maximum Gasteiger partial charge on any atom is 0.259 e. The minimum atomic E-state index is -0.283. The van der Waals surface area contributed by atoms with Gasteiger partial charge in [-0.05, 0) is 70.9 Å². The number of oxazole rings is 1. The van der Waals surface area contributed by atoms with Crippen molar-refractivity contribution in [2.75, 3.05) is 12.4 Å². The third kappa shape index (κ3) is 4.06. The molecule has 7 heteroatoms. The first-order valence-corrected chi connectivity index (χ1v) is 10.4. The number of carbonyl (C=O) groups is 1. The molecule has 146 valence electrons. The minimum absolute atomic E-state index is 0.283. The van der Waals surface area contributed by atoms with Crippen molar-refractivity contribution in [3.05, 3.63) is 74.7 Å². The van der Waals surface area contributed by atoms with Crippen molar-refractivity contribution in [3.63, 3.8) is 0 Å². The summed E-state index contributed by atoms with van der Waals surface area (Å²) in [6.07, 6.45) is 0. The number of methoxy groups -OCH3 is 1. The third-order valence-corrected chi connectivity index (χ3v) is 5.42. The molecule has 0 fully saturated rings. The lowest BCUT2D eigenvalue weighted by Crippen LogP contribution is -2.13. The van der Waals surface area contributed by atoms with E-state index in [2.05, 4.69) is 42.2 Å². The Hall–Kier alpha value is -2.64. The molecule has 0 spiro atoms. The normalized spacial score (nSPS) is 10.9. The van der Waals surface area contributed by atoms with Gasteiger partial charge in [0.25, 0.3) is 5.91 Å². The van der Waals surface area contributed by atoms with Crippen LogP contribution < -0.4 is 10.1 Å². The van der Waals surface area contributed by atoms with Crippen molar-refractivity contribution >= 4 is 54.6 Å². The van der Waals surface area contributed by atoms with Crippen LogP contribution in [-0.4, -0.2) is 18.0 Å². The monoisotopic (exact) mass is 514 g/mol.